The summed E-state index contributed by atoms with van der Waals surface area (Å²) in [5, 5.41) is 0. The Balaban J connectivity index is 2.63. The zero-order valence-electron chi connectivity index (χ0n) is 10.7. The van der Waals surface area contributed by atoms with Crippen molar-refractivity contribution >= 4 is 0 Å². The van der Waals surface area contributed by atoms with Gasteiger partial charge in [0, 0.05) is 0 Å². The van der Waals surface area contributed by atoms with Crippen molar-refractivity contribution in [2.45, 2.75) is 19.3 Å². The maximum absolute atomic E-state index is 12.7. The van der Waals surface area contributed by atoms with Gasteiger partial charge >= 0.3 is 12.4 Å². The molecule has 0 saturated heterocycles. The molecule has 0 aliphatic carbocycles. The average Bonchev–Trinajstić information content (AvgIpc) is 2.37. The number of halogens is 6. The van der Waals surface area contributed by atoms with Crippen LogP contribution in [0.2, 0.25) is 0 Å². The third-order valence-corrected chi connectivity index (χ3v) is 2.79. The molecule has 0 bridgehead atoms. The molecule has 112 valence electrons. The number of hydrogen-bond acceptors (Lipinski definition) is 1. The Morgan fingerprint density at radius 3 is 1.52 bits per heavy atom. The second-order valence-electron chi connectivity index (χ2n) is 4.49. The van der Waals surface area contributed by atoms with Gasteiger partial charge in [-0.05, 0) is 30.2 Å². The van der Waals surface area contributed by atoms with Crippen LogP contribution in [0.3, 0.4) is 0 Å². The van der Waals surface area contributed by atoms with Gasteiger partial charge in [0.1, 0.15) is 11.4 Å². The summed E-state index contributed by atoms with van der Waals surface area (Å²) in [5.74, 6) is 0. The summed E-state index contributed by atoms with van der Waals surface area (Å²) < 4.78 is 76.1. The molecule has 2 aromatic rings. The maximum Gasteiger partial charge on any atom is 0.433 e. The summed E-state index contributed by atoms with van der Waals surface area (Å²) in [6, 6.07) is 7.36. The van der Waals surface area contributed by atoms with Crippen LogP contribution in [0.15, 0.2) is 36.4 Å². The molecule has 0 amide bonds. The molecule has 1 aromatic carbocycles. The van der Waals surface area contributed by atoms with E-state index in [0.29, 0.717) is 12.1 Å². The standard InChI is InChI=1S/C14H9F6N/c1-8-2-4-9(5-3-8)10-6-11(13(15,16)17)21-12(7-10)14(18,19)20/h2-7H,1H3. The topological polar surface area (TPSA) is 12.9 Å². The van der Waals surface area contributed by atoms with E-state index in [2.05, 4.69) is 4.98 Å². The fourth-order valence-corrected chi connectivity index (χ4v) is 1.73. The third-order valence-electron chi connectivity index (χ3n) is 2.79. The molecule has 1 aromatic heterocycles. The Labute approximate surface area is 116 Å². The number of alkyl halides is 6. The van der Waals surface area contributed by atoms with E-state index in [1.165, 1.54) is 12.1 Å². The predicted molar refractivity (Wildman–Crippen MR) is 64.4 cm³/mol. The Morgan fingerprint density at radius 1 is 0.714 bits per heavy atom. The molecular formula is C14H9F6N. The minimum absolute atomic E-state index is 0.176. The molecule has 1 nitrogen and oxygen atoms in total. The van der Waals surface area contributed by atoms with E-state index < -0.39 is 23.7 Å². The molecular weight excluding hydrogens is 296 g/mol. The summed E-state index contributed by atoms with van der Waals surface area (Å²) in [4.78, 5) is 2.67. The van der Waals surface area contributed by atoms with E-state index in [-0.39, 0.29) is 11.1 Å². The lowest BCUT2D eigenvalue weighted by Gasteiger charge is -2.13. The lowest BCUT2D eigenvalue weighted by Crippen LogP contribution is -2.15. The Morgan fingerprint density at radius 2 is 1.14 bits per heavy atom. The van der Waals surface area contributed by atoms with Gasteiger partial charge in [-0.1, -0.05) is 29.8 Å². The number of aryl methyl sites for hydroxylation is 1. The van der Waals surface area contributed by atoms with Crippen LogP contribution in [0.4, 0.5) is 26.3 Å². The van der Waals surface area contributed by atoms with E-state index in [1.807, 2.05) is 0 Å². The number of pyridine rings is 1. The van der Waals surface area contributed by atoms with E-state index >= 15 is 0 Å². The van der Waals surface area contributed by atoms with E-state index in [0.717, 1.165) is 5.56 Å². The lowest BCUT2D eigenvalue weighted by atomic mass is 10.0. The SMILES string of the molecule is Cc1ccc(-c2cc(C(F)(F)F)nc(C(F)(F)F)c2)cc1. The zero-order chi connectivity index (χ0) is 15.8. The van der Waals surface area contributed by atoms with Gasteiger partial charge in [0.05, 0.1) is 0 Å². The lowest BCUT2D eigenvalue weighted by molar-refractivity contribution is -0.150. The maximum atomic E-state index is 12.7. The number of hydrogen-bond donors (Lipinski definition) is 0. The highest BCUT2D eigenvalue weighted by Gasteiger charge is 2.38. The van der Waals surface area contributed by atoms with Crippen molar-refractivity contribution in [2.24, 2.45) is 0 Å². The summed E-state index contributed by atoms with van der Waals surface area (Å²) >= 11 is 0. The number of rotatable bonds is 1. The highest BCUT2D eigenvalue weighted by atomic mass is 19.4. The minimum Gasteiger partial charge on any atom is -0.239 e. The van der Waals surface area contributed by atoms with Crippen LogP contribution in [0, 0.1) is 6.92 Å². The molecule has 2 rings (SSSR count). The molecule has 0 atom stereocenters. The van der Waals surface area contributed by atoms with Crippen molar-refractivity contribution in [3.8, 4) is 11.1 Å². The molecule has 0 unspecified atom stereocenters. The average molecular weight is 305 g/mol. The number of aromatic nitrogens is 1. The second kappa shape index (κ2) is 5.05. The molecule has 7 heteroatoms. The van der Waals surface area contributed by atoms with Gasteiger partial charge in [-0.3, -0.25) is 0 Å². The number of nitrogens with zero attached hydrogens (tertiary/aromatic N) is 1. The van der Waals surface area contributed by atoms with Crippen molar-refractivity contribution in [3.63, 3.8) is 0 Å². The third kappa shape index (κ3) is 3.53. The molecule has 21 heavy (non-hydrogen) atoms. The molecule has 1 heterocycles. The van der Waals surface area contributed by atoms with Crippen LogP contribution in [0.1, 0.15) is 17.0 Å². The molecule has 0 saturated carbocycles. The van der Waals surface area contributed by atoms with Gasteiger partial charge in [0.2, 0.25) is 0 Å². The monoisotopic (exact) mass is 305 g/mol. The molecule has 0 aliphatic rings. The van der Waals surface area contributed by atoms with Crippen molar-refractivity contribution < 1.29 is 26.3 Å². The van der Waals surface area contributed by atoms with Gasteiger partial charge in [0.15, 0.2) is 0 Å². The van der Waals surface area contributed by atoms with E-state index in [9.17, 15) is 26.3 Å². The molecule has 0 radical (unpaired) electrons. The molecule has 0 aliphatic heterocycles. The highest BCUT2D eigenvalue weighted by molar-refractivity contribution is 5.64. The summed E-state index contributed by atoms with van der Waals surface area (Å²) in [5.41, 5.74) is -2.19. The van der Waals surface area contributed by atoms with Crippen molar-refractivity contribution in [3.05, 3.63) is 53.3 Å². The summed E-state index contributed by atoms with van der Waals surface area (Å²) in [6.07, 6.45) is -9.89. The van der Waals surface area contributed by atoms with Gasteiger partial charge in [-0.15, -0.1) is 0 Å². The normalized spacial score (nSPS) is 12.5. The van der Waals surface area contributed by atoms with Crippen molar-refractivity contribution in [1.82, 2.24) is 4.98 Å². The highest BCUT2D eigenvalue weighted by Crippen LogP contribution is 2.36. The Hall–Kier alpha value is -2.05. The Kier molecular flexibility index (Phi) is 3.69. The van der Waals surface area contributed by atoms with Crippen LogP contribution in [-0.4, -0.2) is 4.98 Å². The van der Waals surface area contributed by atoms with E-state index in [4.69, 9.17) is 0 Å². The van der Waals surface area contributed by atoms with Crippen LogP contribution in [0.5, 0.6) is 0 Å². The zero-order valence-corrected chi connectivity index (χ0v) is 10.7. The van der Waals surface area contributed by atoms with E-state index in [1.54, 1.807) is 19.1 Å². The van der Waals surface area contributed by atoms with Gasteiger partial charge < -0.3 is 0 Å². The van der Waals surface area contributed by atoms with Crippen LogP contribution in [-0.2, 0) is 12.4 Å². The number of benzene rings is 1. The second-order valence-corrected chi connectivity index (χ2v) is 4.49. The quantitative estimate of drug-likeness (QED) is 0.668. The Bertz CT molecular complexity index is 608. The van der Waals surface area contributed by atoms with Gasteiger partial charge in [0.25, 0.3) is 0 Å². The predicted octanol–water partition coefficient (Wildman–Crippen LogP) is 5.09. The first-order chi connectivity index (χ1) is 9.57. The van der Waals surface area contributed by atoms with Gasteiger partial charge in [-0.25, -0.2) is 4.98 Å². The first-order valence-corrected chi connectivity index (χ1v) is 5.81. The fraction of sp³-hybridized carbons (Fsp3) is 0.214. The smallest absolute Gasteiger partial charge is 0.239 e. The summed E-state index contributed by atoms with van der Waals surface area (Å²) in [6.45, 7) is 1.76. The first-order valence-electron chi connectivity index (χ1n) is 5.81. The first kappa shape index (κ1) is 15.3. The van der Waals surface area contributed by atoms with Crippen molar-refractivity contribution in [1.29, 1.82) is 0 Å². The van der Waals surface area contributed by atoms with Crippen LogP contribution >= 0.6 is 0 Å². The molecule has 0 N–H and O–H groups in total. The largest absolute Gasteiger partial charge is 0.433 e. The fourth-order valence-electron chi connectivity index (χ4n) is 1.73. The van der Waals surface area contributed by atoms with Crippen LogP contribution < -0.4 is 0 Å². The summed E-state index contributed by atoms with van der Waals surface area (Å²) in [7, 11) is 0. The molecule has 0 fully saturated rings. The van der Waals surface area contributed by atoms with Crippen molar-refractivity contribution in [2.75, 3.05) is 0 Å². The molecule has 0 spiro atoms. The minimum atomic E-state index is -4.94. The van der Waals surface area contributed by atoms with Gasteiger partial charge in [-0.2, -0.15) is 26.3 Å². The van der Waals surface area contributed by atoms with Crippen LogP contribution in [0.25, 0.3) is 11.1 Å².